The topological polar surface area (TPSA) is 67.6 Å². The van der Waals surface area contributed by atoms with Gasteiger partial charge in [0.15, 0.2) is 0 Å². The molecule has 3 aliphatic rings. The highest BCUT2D eigenvalue weighted by Gasteiger charge is 2.45. The molecule has 3 fully saturated rings. The van der Waals surface area contributed by atoms with E-state index >= 15 is 0 Å². The molecule has 6 nitrogen and oxygen atoms in total. The largest absolute Gasteiger partial charge is 0.371 e. The number of hydrogen-bond donors (Lipinski definition) is 1. The van der Waals surface area contributed by atoms with Gasteiger partial charge < -0.3 is 14.6 Å². The van der Waals surface area contributed by atoms with Crippen LogP contribution in [-0.2, 0) is 16.1 Å². The second kappa shape index (κ2) is 5.91. The summed E-state index contributed by atoms with van der Waals surface area (Å²) < 4.78 is 11.3. The minimum Gasteiger partial charge on any atom is -0.371 e. The van der Waals surface area contributed by atoms with E-state index in [-0.39, 0.29) is 24.0 Å². The van der Waals surface area contributed by atoms with Crippen LogP contribution in [-0.4, -0.2) is 47.3 Å². The first kappa shape index (κ1) is 15.1. The molecule has 1 saturated carbocycles. The number of hydrogen-bond acceptors (Lipinski definition) is 5. The number of aryl methyl sites for hydroxylation is 2. The number of fused-ring (bicyclic) bond motifs is 2. The fourth-order valence-corrected chi connectivity index (χ4v) is 3.95. The molecule has 1 N–H and O–H groups in total. The molecule has 3 heterocycles. The van der Waals surface area contributed by atoms with Gasteiger partial charge in [0.1, 0.15) is 5.76 Å². The molecule has 0 aromatic carbocycles. The molecule has 2 aliphatic heterocycles. The first-order chi connectivity index (χ1) is 11.1. The number of carbonyl (C=O) groups is 1. The predicted molar refractivity (Wildman–Crippen MR) is 83.8 cm³/mol. The van der Waals surface area contributed by atoms with E-state index in [9.17, 15) is 4.79 Å². The summed E-state index contributed by atoms with van der Waals surface area (Å²) in [5.74, 6) is 1.09. The third-order valence-corrected chi connectivity index (χ3v) is 5.58. The SMILES string of the molecule is Cc1noc(C)c1CN1C[C@H]2C[C@H](C(=O)NC3CCC3)[C@@H](C1)O2. The van der Waals surface area contributed by atoms with Gasteiger partial charge in [0.25, 0.3) is 0 Å². The molecule has 6 heteroatoms. The molecule has 2 saturated heterocycles. The van der Waals surface area contributed by atoms with Crippen molar-refractivity contribution in [3.63, 3.8) is 0 Å². The van der Waals surface area contributed by atoms with Gasteiger partial charge in [0.05, 0.1) is 23.8 Å². The van der Waals surface area contributed by atoms with E-state index in [1.165, 1.54) is 12.0 Å². The summed E-state index contributed by atoms with van der Waals surface area (Å²) in [5.41, 5.74) is 2.13. The van der Waals surface area contributed by atoms with Gasteiger partial charge in [-0.3, -0.25) is 9.69 Å². The van der Waals surface area contributed by atoms with Crippen molar-refractivity contribution in [1.82, 2.24) is 15.4 Å². The lowest BCUT2D eigenvalue weighted by molar-refractivity contribution is -0.129. The molecule has 126 valence electrons. The first-order valence-electron chi connectivity index (χ1n) is 8.70. The Morgan fingerprint density at radius 2 is 2.17 bits per heavy atom. The fourth-order valence-electron chi connectivity index (χ4n) is 3.95. The van der Waals surface area contributed by atoms with Gasteiger partial charge in [-0.2, -0.15) is 0 Å². The van der Waals surface area contributed by atoms with Crippen LogP contribution in [0, 0.1) is 19.8 Å². The molecule has 1 aromatic rings. The Kier molecular flexibility index (Phi) is 3.89. The van der Waals surface area contributed by atoms with Crippen LogP contribution in [0.15, 0.2) is 4.52 Å². The average molecular weight is 319 g/mol. The smallest absolute Gasteiger partial charge is 0.226 e. The minimum atomic E-state index is 0.00951. The lowest BCUT2D eigenvalue weighted by Crippen LogP contribution is -2.47. The van der Waals surface area contributed by atoms with Crippen molar-refractivity contribution in [2.24, 2.45) is 5.92 Å². The van der Waals surface area contributed by atoms with Crippen LogP contribution in [0.5, 0.6) is 0 Å². The molecule has 1 aromatic heterocycles. The third-order valence-electron chi connectivity index (χ3n) is 5.58. The third kappa shape index (κ3) is 2.90. The molecule has 0 spiro atoms. The molecule has 1 amide bonds. The lowest BCUT2D eigenvalue weighted by atomic mass is 9.91. The van der Waals surface area contributed by atoms with Gasteiger partial charge in [0.2, 0.25) is 5.91 Å². The second-order valence-electron chi connectivity index (χ2n) is 7.27. The molecule has 0 radical (unpaired) electrons. The maximum absolute atomic E-state index is 12.5. The number of ether oxygens (including phenoxy) is 1. The summed E-state index contributed by atoms with van der Waals surface area (Å²) in [4.78, 5) is 14.9. The summed E-state index contributed by atoms with van der Waals surface area (Å²) in [6, 6.07) is 0.404. The Morgan fingerprint density at radius 3 is 2.83 bits per heavy atom. The number of nitrogens with zero attached hydrogens (tertiary/aromatic N) is 2. The van der Waals surface area contributed by atoms with E-state index in [1.807, 2.05) is 13.8 Å². The highest BCUT2D eigenvalue weighted by molar-refractivity contribution is 5.80. The fraction of sp³-hybridized carbons (Fsp3) is 0.765. The maximum atomic E-state index is 12.5. The molecule has 0 unspecified atom stereocenters. The number of aromatic nitrogens is 1. The summed E-state index contributed by atoms with van der Waals surface area (Å²) >= 11 is 0. The van der Waals surface area contributed by atoms with E-state index < -0.39 is 0 Å². The molecule has 2 bridgehead atoms. The molecule has 1 aliphatic carbocycles. The number of likely N-dealkylation sites (tertiary alicyclic amines) is 1. The summed E-state index contributed by atoms with van der Waals surface area (Å²) in [7, 11) is 0. The van der Waals surface area contributed by atoms with Crippen LogP contribution in [0.2, 0.25) is 0 Å². The van der Waals surface area contributed by atoms with E-state index in [2.05, 4.69) is 15.4 Å². The van der Waals surface area contributed by atoms with Crippen LogP contribution in [0.1, 0.15) is 42.7 Å². The maximum Gasteiger partial charge on any atom is 0.226 e. The van der Waals surface area contributed by atoms with E-state index in [4.69, 9.17) is 9.26 Å². The Morgan fingerprint density at radius 1 is 1.35 bits per heavy atom. The highest BCUT2D eigenvalue weighted by Crippen LogP contribution is 2.33. The first-order valence-corrected chi connectivity index (χ1v) is 8.70. The van der Waals surface area contributed by atoms with Crippen LogP contribution >= 0.6 is 0 Å². The number of morpholine rings is 1. The minimum absolute atomic E-state index is 0.00951. The Hall–Kier alpha value is -1.40. The van der Waals surface area contributed by atoms with Gasteiger partial charge >= 0.3 is 0 Å². The zero-order valence-electron chi connectivity index (χ0n) is 13.9. The predicted octanol–water partition coefficient (Wildman–Crippen LogP) is 1.55. The number of amides is 1. The van der Waals surface area contributed by atoms with Crippen molar-refractivity contribution in [2.75, 3.05) is 13.1 Å². The monoisotopic (exact) mass is 319 g/mol. The quantitative estimate of drug-likeness (QED) is 0.912. The number of nitrogens with one attached hydrogen (secondary N) is 1. The highest BCUT2D eigenvalue weighted by atomic mass is 16.5. The molecule has 4 rings (SSSR count). The summed E-state index contributed by atoms with van der Waals surface area (Å²) in [5, 5.41) is 7.22. The van der Waals surface area contributed by atoms with Crippen molar-refractivity contribution >= 4 is 5.91 Å². The zero-order valence-corrected chi connectivity index (χ0v) is 13.9. The molecular formula is C17H25N3O3. The van der Waals surface area contributed by atoms with Crippen molar-refractivity contribution in [3.05, 3.63) is 17.0 Å². The van der Waals surface area contributed by atoms with Crippen molar-refractivity contribution in [2.45, 2.75) is 64.3 Å². The zero-order chi connectivity index (χ0) is 16.0. The van der Waals surface area contributed by atoms with Crippen molar-refractivity contribution < 1.29 is 14.1 Å². The van der Waals surface area contributed by atoms with Gasteiger partial charge in [-0.05, 0) is 39.5 Å². The Balaban J connectivity index is 1.39. The van der Waals surface area contributed by atoms with Crippen LogP contribution in [0.4, 0.5) is 0 Å². The second-order valence-corrected chi connectivity index (χ2v) is 7.27. The normalized spacial score (nSPS) is 31.1. The van der Waals surface area contributed by atoms with Crippen molar-refractivity contribution in [1.29, 1.82) is 0 Å². The van der Waals surface area contributed by atoms with E-state index in [0.29, 0.717) is 6.04 Å². The molecule has 23 heavy (non-hydrogen) atoms. The Bertz CT molecular complexity index is 576. The molecule has 3 atom stereocenters. The Labute approximate surface area is 136 Å². The van der Waals surface area contributed by atoms with Crippen LogP contribution < -0.4 is 5.32 Å². The lowest BCUT2D eigenvalue weighted by Gasteiger charge is -2.33. The summed E-state index contributed by atoms with van der Waals surface area (Å²) in [6.07, 6.45) is 4.54. The standard InChI is InChI=1S/C17H25N3O3/c1-10-15(11(2)23-19-10)8-20-7-13-6-14(16(9-20)22-13)17(21)18-12-4-3-5-12/h12-14,16H,3-9H2,1-2H3,(H,18,21)/t13-,14+,16-/m1/s1. The average Bonchev–Trinajstić information content (AvgIpc) is 2.96. The van der Waals surface area contributed by atoms with Crippen LogP contribution in [0.25, 0.3) is 0 Å². The van der Waals surface area contributed by atoms with Gasteiger partial charge in [-0.1, -0.05) is 5.16 Å². The van der Waals surface area contributed by atoms with E-state index in [1.54, 1.807) is 0 Å². The van der Waals surface area contributed by atoms with Gasteiger partial charge in [-0.25, -0.2) is 0 Å². The van der Waals surface area contributed by atoms with Crippen LogP contribution in [0.3, 0.4) is 0 Å². The number of carbonyl (C=O) groups excluding carboxylic acids is 1. The van der Waals surface area contributed by atoms with E-state index in [0.717, 1.165) is 50.4 Å². The van der Waals surface area contributed by atoms with Crippen molar-refractivity contribution in [3.8, 4) is 0 Å². The summed E-state index contributed by atoms with van der Waals surface area (Å²) in [6.45, 7) is 6.46. The number of rotatable bonds is 4. The van der Waals surface area contributed by atoms with Gasteiger partial charge in [-0.15, -0.1) is 0 Å². The molecular weight excluding hydrogens is 294 g/mol. The van der Waals surface area contributed by atoms with Gasteiger partial charge in [0, 0.05) is 31.2 Å².